The average molecular weight is 542 g/mol. The van der Waals surface area contributed by atoms with Crippen molar-refractivity contribution in [2.45, 2.75) is 0 Å². The van der Waals surface area contributed by atoms with E-state index < -0.39 is 0 Å². The standard InChI is InChI=1S/C35H23N7/c1-5-13-24(14-6-1)30-32(26-17-9-3-10-18-26)39-41-34(37-30)28-21-22-36-29(23-28)35-38-31(25-15-7-2-8-16-25)33(40-42-35)27-19-11-4-12-20-27/h1-23H. The molecule has 0 amide bonds. The van der Waals surface area contributed by atoms with E-state index in [9.17, 15) is 0 Å². The number of hydrogen-bond donors (Lipinski definition) is 0. The molecule has 0 N–H and O–H groups in total. The normalized spacial score (nSPS) is 10.9. The summed E-state index contributed by atoms with van der Waals surface area (Å²) < 4.78 is 0. The minimum atomic E-state index is 0.410. The smallest absolute Gasteiger partial charge is 0.201 e. The van der Waals surface area contributed by atoms with Crippen molar-refractivity contribution < 1.29 is 0 Å². The molecule has 0 unspecified atom stereocenters. The lowest BCUT2D eigenvalue weighted by Crippen LogP contribution is -2.02. The average Bonchev–Trinajstić information content (AvgIpc) is 3.09. The van der Waals surface area contributed by atoms with Crippen LogP contribution in [0.5, 0.6) is 0 Å². The molecule has 4 aromatic carbocycles. The van der Waals surface area contributed by atoms with Crippen LogP contribution in [-0.4, -0.2) is 35.3 Å². The summed E-state index contributed by atoms with van der Waals surface area (Å²) in [5, 5.41) is 18.2. The van der Waals surface area contributed by atoms with E-state index in [1.165, 1.54) is 0 Å². The van der Waals surface area contributed by atoms with Crippen LogP contribution >= 0.6 is 0 Å². The van der Waals surface area contributed by atoms with Gasteiger partial charge in [0.25, 0.3) is 0 Å². The molecule has 0 bridgehead atoms. The predicted octanol–water partition coefficient (Wildman–Crippen LogP) is 7.45. The van der Waals surface area contributed by atoms with E-state index in [1.54, 1.807) is 6.20 Å². The second-order valence-electron chi connectivity index (χ2n) is 9.56. The summed E-state index contributed by atoms with van der Waals surface area (Å²) >= 11 is 0. The zero-order valence-electron chi connectivity index (χ0n) is 22.4. The molecule has 7 nitrogen and oxygen atoms in total. The molecule has 0 saturated carbocycles. The van der Waals surface area contributed by atoms with Crippen LogP contribution in [0.1, 0.15) is 0 Å². The van der Waals surface area contributed by atoms with Crippen LogP contribution in [0.2, 0.25) is 0 Å². The summed E-state index contributed by atoms with van der Waals surface area (Å²) in [4.78, 5) is 14.5. The molecule has 0 saturated heterocycles. The SMILES string of the molecule is c1ccc(-c2nnc(-c3ccnc(-c4nnc(-c5ccccc5)c(-c5ccccc5)n4)c3)nc2-c2ccccc2)cc1. The highest BCUT2D eigenvalue weighted by Crippen LogP contribution is 2.32. The number of aromatic nitrogens is 7. The van der Waals surface area contributed by atoms with Gasteiger partial charge in [-0.3, -0.25) is 4.98 Å². The molecule has 7 heteroatoms. The first kappa shape index (κ1) is 25.0. The minimum absolute atomic E-state index is 0.410. The Balaban J connectivity index is 1.33. The second kappa shape index (κ2) is 11.3. The van der Waals surface area contributed by atoms with E-state index in [2.05, 4.69) is 25.4 Å². The van der Waals surface area contributed by atoms with E-state index in [-0.39, 0.29) is 0 Å². The van der Waals surface area contributed by atoms with Crippen molar-refractivity contribution in [3.05, 3.63) is 140 Å². The van der Waals surface area contributed by atoms with Crippen LogP contribution in [0, 0.1) is 0 Å². The topological polar surface area (TPSA) is 90.2 Å². The molecule has 0 aliphatic rings. The minimum Gasteiger partial charge on any atom is -0.253 e. The van der Waals surface area contributed by atoms with Gasteiger partial charge in [-0.15, -0.1) is 20.4 Å². The van der Waals surface area contributed by atoms with Crippen LogP contribution in [0.15, 0.2) is 140 Å². The second-order valence-corrected chi connectivity index (χ2v) is 9.56. The van der Waals surface area contributed by atoms with Crippen molar-refractivity contribution in [1.82, 2.24) is 35.3 Å². The van der Waals surface area contributed by atoms with Crippen molar-refractivity contribution in [2.24, 2.45) is 0 Å². The lowest BCUT2D eigenvalue weighted by molar-refractivity contribution is 0.977. The fraction of sp³-hybridized carbons (Fsp3) is 0. The first-order valence-corrected chi connectivity index (χ1v) is 13.5. The van der Waals surface area contributed by atoms with Gasteiger partial charge in [-0.25, -0.2) is 9.97 Å². The molecular weight excluding hydrogens is 518 g/mol. The largest absolute Gasteiger partial charge is 0.253 e. The van der Waals surface area contributed by atoms with E-state index in [1.807, 2.05) is 133 Å². The van der Waals surface area contributed by atoms with E-state index in [0.29, 0.717) is 23.0 Å². The van der Waals surface area contributed by atoms with E-state index in [4.69, 9.17) is 9.97 Å². The fourth-order valence-corrected chi connectivity index (χ4v) is 4.75. The van der Waals surface area contributed by atoms with E-state index in [0.717, 1.165) is 44.9 Å². The van der Waals surface area contributed by atoms with Crippen molar-refractivity contribution in [1.29, 1.82) is 0 Å². The highest BCUT2D eigenvalue weighted by Gasteiger charge is 2.18. The molecule has 7 aromatic rings. The van der Waals surface area contributed by atoms with Crippen LogP contribution in [0.3, 0.4) is 0 Å². The number of benzene rings is 4. The Bertz CT molecular complexity index is 1820. The third-order valence-electron chi connectivity index (χ3n) is 6.81. The van der Waals surface area contributed by atoms with Gasteiger partial charge in [0.05, 0.1) is 0 Å². The summed E-state index contributed by atoms with van der Waals surface area (Å²) in [7, 11) is 0. The maximum absolute atomic E-state index is 4.99. The van der Waals surface area contributed by atoms with Gasteiger partial charge in [-0.1, -0.05) is 121 Å². The summed E-state index contributed by atoms with van der Waals surface area (Å²) in [5.41, 5.74) is 8.01. The van der Waals surface area contributed by atoms with Crippen molar-refractivity contribution in [3.63, 3.8) is 0 Å². The van der Waals surface area contributed by atoms with Crippen LogP contribution in [0.4, 0.5) is 0 Å². The Kier molecular flexibility index (Phi) is 6.72. The van der Waals surface area contributed by atoms with Crippen molar-refractivity contribution in [2.75, 3.05) is 0 Å². The molecule has 198 valence electrons. The van der Waals surface area contributed by atoms with Crippen molar-refractivity contribution >= 4 is 0 Å². The number of hydrogen-bond acceptors (Lipinski definition) is 7. The van der Waals surface area contributed by atoms with Crippen LogP contribution < -0.4 is 0 Å². The maximum atomic E-state index is 4.99. The number of nitrogens with zero attached hydrogens (tertiary/aromatic N) is 7. The molecule has 0 atom stereocenters. The fourth-order valence-electron chi connectivity index (χ4n) is 4.75. The summed E-state index contributed by atoms with van der Waals surface area (Å²) in [6, 6.07) is 43.6. The van der Waals surface area contributed by atoms with Gasteiger partial charge < -0.3 is 0 Å². The zero-order valence-corrected chi connectivity index (χ0v) is 22.4. The Labute approximate surface area is 242 Å². The maximum Gasteiger partial charge on any atom is 0.201 e. The van der Waals surface area contributed by atoms with Gasteiger partial charge in [-0.05, 0) is 12.1 Å². The van der Waals surface area contributed by atoms with Crippen molar-refractivity contribution in [3.8, 4) is 67.9 Å². The van der Waals surface area contributed by atoms with E-state index >= 15 is 0 Å². The van der Waals surface area contributed by atoms with Gasteiger partial charge in [0.15, 0.2) is 5.82 Å². The Morgan fingerprint density at radius 2 is 0.738 bits per heavy atom. The van der Waals surface area contributed by atoms with Gasteiger partial charge in [0, 0.05) is 34.0 Å². The molecule has 0 aliphatic heterocycles. The predicted molar refractivity (Wildman–Crippen MR) is 164 cm³/mol. The van der Waals surface area contributed by atoms with Gasteiger partial charge in [0.2, 0.25) is 5.82 Å². The summed E-state index contributed by atoms with van der Waals surface area (Å²) in [6.07, 6.45) is 1.71. The molecule has 7 rings (SSSR count). The highest BCUT2D eigenvalue weighted by atomic mass is 15.2. The molecule has 0 aliphatic carbocycles. The highest BCUT2D eigenvalue weighted by molar-refractivity contribution is 5.80. The third-order valence-corrected chi connectivity index (χ3v) is 6.81. The zero-order chi connectivity index (χ0) is 28.1. The molecule has 0 fully saturated rings. The molecule has 0 radical (unpaired) electrons. The number of rotatable bonds is 6. The van der Waals surface area contributed by atoms with Crippen LogP contribution in [-0.2, 0) is 0 Å². The quantitative estimate of drug-likeness (QED) is 0.216. The van der Waals surface area contributed by atoms with Gasteiger partial charge in [-0.2, -0.15) is 0 Å². The third kappa shape index (κ3) is 5.02. The van der Waals surface area contributed by atoms with Crippen LogP contribution in [0.25, 0.3) is 67.9 Å². The first-order valence-electron chi connectivity index (χ1n) is 13.5. The summed E-state index contributed by atoms with van der Waals surface area (Å²) in [6.45, 7) is 0. The lowest BCUT2D eigenvalue weighted by Gasteiger charge is -2.11. The summed E-state index contributed by atoms with van der Waals surface area (Å²) in [5.74, 6) is 0.891. The lowest BCUT2D eigenvalue weighted by atomic mass is 10.0. The Morgan fingerprint density at radius 3 is 1.21 bits per heavy atom. The molecule has 42 heavy (non-hydrogen) atoms. The molecular formula is C35H23N7. The van der Waals surface area contributed by atoms with Gasteiger partial charge >= 0.3 is 0 Å². The van der Waals surface area contributed by atoms with Gasteiger partial charge in [0.1, 0.15) is 28.5 Å². The number of pyridine rings is 1. The monoisotopic (exact) mass is 541 g/mol. The first-order chi connectivity index (χ1) is 20.8. The Morgan fingerprint density at radius 1 is 0.333 bits per heavy atom. The molecule has 3 heterocycles. The molecule has 3 aromatic heterocycles. The Hall–Kier alpha value is -5.95. The molecule has 0 spiro atoms.